The highest BCUT2D eigenvalue weighted by Gasteiger charge is 2.33. The number of nitrogens with one attached hydrogen (secondary N) is 1. The quantitative estimate of drug-likeness (QED) is 0.703. The van der Waals surface area contributed by atoms with Gasteiger partial charge in [0.05, 0.1) is 12.6 Å². The van der Waals surface area contributed by atoms with Crippen molar-refractivity contribution < 1.29 is 9.53 Å². The molecule has 0 saturated carbocycles. The number of rotatable bonds is 5. The van der Waals surface area contributed by atoms with Crippen molar-refractivity contribution in [3.63, 3.8) is 0 Å². The average molecular weight is 361 g/mol. The number of nitrogens with zero attached hydrogens (tertiary/aromatic N) is 1. The zero-order chi connectivity index (χ0) is 17.8. The average Bonchev–Trinajstić information content (AvgIpc) is 2.97. The molecule has 1 atom stereocenters. The van der Waals surface area contributed by atoms with E-state index < -0.39 is 0 Å². The molecule has 1 aromatic heterocycles. The number of aromatic nitrogens is 1. The standard InChI is InChI=1S/C20H25ClN2O2/c1-3-5-6-7-8-18-19-15(11-12-23(18)20(24)25-4-2)16-13-14(21)9-10-17(16)22-19/h5-6,9-10,13,18,22H,3-4,7-8,11-12H2,1-2H3/b6-5+. The SMILES string of the molecule is CC/C=C/CCC1c2[nH]c3ccc(Cl)cc3c2CCN1C(=O)OCC. The van der Waals surface area contributed by atoms with Gasteiger partial charge >= 0.3 is 6.09 Å². The molecular weight excluding hydrogens is 336 g/mol. The van der Waals surface area contributed by atoms with Crippen LogP contribution in [0.2, 0.25) is 5.02 Å². The van der Waals surface area contributed by atoms with E-state index in [1.165, 1.54) is 10.9 Å². The third kappa shape index (κ3) is 3.69. The molecule has 1 unspecified atom stereocenters. The molecule has 1 aromatic carbocycles. The molecule has 0 radical (unpaired) electrons. The Kier molecular flexibility index (Phi) is 5.69. The Hall–Kier alpha value is -1.94. The molecule has 0 aliphatic carbocycles. The van der Waals surface area contributed by atoms with Gasteiger partial charge in [-0.1, -0.05) is 30.7 Å². The van der Waals surface area contributed by atoms with E-state index in [9.17, 15) is 4.79 Å². The predicted molar refractivity (Wildman–Crippen MR) is 102 cm³/mol. The molecular formula is C20H25ClN2O2. The first-order valence-electron chi connectivity index (χ1n) is 9.04. The summed E-state index contributed by atoms with van der Waals surface area (Å²) in [7, 11) is 0. The van der Waals surface area contributed by atoms with Crippen molar-refractivity contribution in [1.82, 2.24) is 9.88 Å². The van der Waals surface area contributed by atoms with Crippen LogP contribution >= 0.6 is 11.6 Å². The van der Waals surface area contributed by atoms with Gasteiger partial charge in [-0.15, -0.1) is 0 Å². The summed E-state index contributed by atoms with van der Waals surface area (Å²) in [5.41, 5.74) is 3.48. The van der Waals surface area contributed by atoms with Crippen LogP contribution in [0.4, 0.5) is 4.79 Å². The minimum absolute atomic E-state index is 0.00971. The van der Waals surface area contributed by atoms with Crippen molar-refractivity contribution in [2.24, 2.45) is 0 Å². The second kappa shape index (κ2) is 7.96. The molecule has 5 heteroatoms. The van der Waals surface area contributed by atoms with Crippen molar-refractivity contribution in [3.05, 3.63) is 46.6 Å². The number of halogens is 1. The minimum atomic E-state index is -0.227. The number of hydrogen-bond donors (Lipinski definition) is 1. The van der Waals surface area contributed by atoms with Crippen LogP contribution in [0, 0.1) is 0 Å². The summed E-state index contributed by atoms with van der Waals surface area (Å²) in [5.74, 6) is 0. The highest BCUT2D eigenvalue weighted by Crippen LogP contribution is 2.38. The number of H-pyrrole nitrogens is 1. The molecule has 4 nitrogen and oxygen atoms in total. The Bertz CT molecular complexity index is 781. The monoisotopic (exact) mass is 360 g/mol. The summed E-state index contributed by atoms with van der Waals surface area (Å²) in [6.45, 7) is 5.04. The minimum Gasteiger partial charge on any atom is -0.450 e. The Morgan fingerprint density at radius 2 is 2.24 bits per heavy atom. The van der Waals surface area contributed by atoms with E-state index in [0.29, 0.717) is 13.2 Å². The van der Waals surface area contributed by atoms with Crippen LogP contribution in [0.15, 0.2) is 30.4 Å². The second-order valence-corrected chi connectivity index (χ2v) is 6.76. The molecule has 1 N–H and O–H groups in total. The number of carbonyl (C=O) groups excluding carboxylic acids is 1. The first-order valence-corrected chi connectivity index (χ1v) is 9.41. The van der Waals surface area contributed by atoms with Gasteiger partial charge in [0.1, 0.15) is 0 Å². The lowest BCUT2D eigenvalue weighted by Crippen LogP contribution is -2.40. The van der Waals surface area contributed by atoms with Gasteiger partial charge in [-0.25, -0.2) is 4.79 Å². The van der Waals surface area contributed by atoms with E-state index in [1.54, 1.807) is 0 Å². The molecule has 1 aliphatic rings. The smallest absolute Gasteiger partial charge is 0.410 e. The highest BCUT2D eigenvalue weighted by molar-refractivity contribution is 6.31. The van der Waals surface area contributed by atoms with Crippen molar-refractivity contribution in [2.75, 3.05) is 13.2 Å². The molecule has 134 valence electrons. The maximum Gasteiger partial charge on any atom is 0.410 e. The Balaban J connectivity index is 1.96. The molecule has 2 heterocycles. The molecule has 0 bridgehead atoms. The van der Waals surface area contributed by atoms with Crippen LogP contribution < -0.4 is 0 Å². The number of fused-ring (bicyclic) bond motifs is 3. The largest absolute Gasteiger partial charge is 0.450 e. The van der Waals surface area contributed by atoms with Crippen molar-refractivity contribution in [2.45, 2.75) is 45.6 Å². The van der Waals surface area contributed by atoms with Gasteiger partial charge in [0.25, 0.3) is 0 Å². The van der Waals surface area contributed by atoms with Crippen LogP contribution in [-0.4, -0.2) is 29.1 Å². The number of benzene rings is 1. The van der Waals surface area contributed by atoms with Gasteiger partial charge in [-0.3, -0.25) is 4.90 Å². The van der Waals surface area contributed by atoms with Crippen LogP contribution in [0.3, 0.4) is 0 Å². The van der Waals surface area contributed by atoms with E-state index in [-0.39, 0.29) is 12.1 Å². The summed E-state index contributed by atoms with van der Waals surface area (Å²) in [6.07, 6.45) is 7.79. The van der Waals surface area contributed by atoms with E-state index in [2.05, 4.69) is 24.1 Å². The highest BCUT2D eigenvalue weighted by atomic mass is 35.5. The molecule has 0 saturated heterocycles. The molecule has 2 aromatic rings. The maximum absolute atomic E-state index is 12.4. The summed E-state index contributed by atoms with van der Waals surface area (Å²) < 4.78 is 5.28. The van der Waals surface area contributed by atoms with Gasteiger partial charge < -0.3 is 9.72 Å². The van der Waals surface area contributed by atoms with Crippen LogP contribution in [0.25, 0.3) is 10.9 Å². The number of hydrogen-bond acceptors (Lipinski definition) is 2. The predicted octanol–water partition coefficient (Wildman–Crippen LogP) is 5.62. The topological polar surface area (TPSA) is 45.3 Å². The summed E-state index contributed by atoms with van der Waals surface area (Å²) in [6, 6.07) is 5.93. The second-order valence-electron chi connectivity index (χ2n) is 6.32. The Morgan fingerprint density at radius 1 is 1.40 bits per heavy atom. The Labute approximate surface area is 153 Å². The van der Waals surface area contributed by atoms with Gasteiger partial charge in [-0.05, 0) is 56.4 Å². The molecule has 0 spiro atoms. The molecule has 25 heavy (non-hydrogen) atoms. The van der Waals surface area contributed by atoms with Crippen LogP contribution in [0.5, 0.6) is 0 Å². The van der Waals surface area contributed by atoms with Crippen molar-refractivity contribution >= 4 is 28.6 Å². The fourth-order valence-electron chi connectivity index (χ4n) is 3.60. The van der Waals surface area contributed by atoms with E-state index >= 15 is 0 Å². The van der Waals surface area contributed by atoms with E-state index in [4.69, 9.17) is 16.3 Å². The third-order valence-corrected chi connectivity index (χ3v) is 4.96. The maximum atomic E-state index is 12.4. The van der Waals surface area contributed by atoms with Crippen molar-refractivity contribution in [1.29, 1.82) is 0 Å². The number of ether oxygens (including phenoxy) is 1. The van der Waals surface area contributed by atoms with Crippen LogP contribution in [-0.2, 0) is 11.2 Å². The van der Waals surface area contributed by atoms with Gasteiger partial charge in [0.15, 0.2) is 0 Å². The van der Waals surface area contributed by atoms with E-state index in [1.807, 2.05) is 30.0 Å². The molecule has 0 fully saturated rings. The van der Waals surface area contributed by atoms with Crippen LogP contribution in [0.1, 0.15) is 50.4 Å². The Morgan fingerprint density at radius 3 is 3.00 bits per heavy atom. The summed E-state index contributed by atoms with van der Waals surface area (Å²) >= 11 is 6.19. The summed E-state index contributed by atoms with van der Waals surface area (Å²) in [5, 5.41) is 1.91. The molecule has 1 aliphatic heterocycles. The van der Waals surface area contributed by atoms with Gasteiger partial charge in [0.2, 0.25) is 0 Å². The normalized spacial score (nSPS) is 17.2. The first-order chi connectivity index (χ1) is 12.2. The molecule has 3 rings (SSSR count). The zero-order valence-electron chi connectivity index (χ0n) is 14.8. The van der Waals surface area contributed by atoms with Gasteiger partial charge in [0, 0.05) is 28.2 Å². The lowest BCUT2D eigenvalue weighted by Gasteiger charge is -2.35. The molecule has 1 amide bonds. The number of aromatic amines is 1. The zero-order valence-corrected chi connectivity index (χ0v) is 15.6. The van der Waals surface area contributed by atoms with Crippen molar-refractivity contribution in [3.8, 4) is 0 Å². The fraction of sp³-hybridized carbons (Fsp3) is 0.450. The third-order valence-electron chi connectivity index (χ3n) is 4.72. The van der Waals surface area contributed by atoms with Gasteiger partial charge in [-0.2, -0.15) is 0 Å². The lowest BCUT2D eigenvalue weighted by molar-refractivity contribution is 0.0839. The number of carbonyl (C=O) groups is 1. The first kappa shape index (κ1) is 17.9. The number of amides is 1. The number of allylic oxidation sites excluding steroid dienone is 2. The van der Waals surface area contributed by atoms with E-state index in [0.717, 1.165) is 41.9 Å². The fourth-order valence-corrected chi connectivity index (χ4v) is 3.77. The lowest BCUT2D eigenvalue weighted by atomic mass is 9.94. The summed E-state index contributed by atoms with van der Waals surface area (Å²) in [4.78, 5) is 17.8.